The molecule has 3 aromatic rings. The maximum Gasteiger partial charge on any atom is 0.217 e. The first-order chi connectivity index (χ1) is 11.0. The lowest BCUT2D eigenvalue weighted by atomic mass is 10.0. The van der Waals surface area contributed by atoms with Crippen molar-refractivity contribution in [1.29, 1.82) is 0 Å². The minimum Gasteiger partial charge on any atom is -0.370 e. The van der Waals surface area contributed by atoms with E-state index in [1.165, 1.54) is 0 Å². The Morgan fingerprint density at radius 3 is 2.33 bits per heavy atom. The lowest BCUT2D eigenvalue weighted by Crippen LogP contribution is -2.11. The van der Waals surface area contributed by atoms with Crippen molar-refractivity contribution in [3.63, 3.8) is 0 Å². The highest BCUT2D eigenvalue weighted by Gasteiger charge is 2.17. The summed E-state index contributed by atoms with van der Waals surface area (Å²) < 4.78 is 2.12. The molecule has 0 aliphatic heterocycles. The zero-order chi connectivity index (χ0) is 16.6. The van der Waals surface area contributed by atoms with Gasteiger partial charge in [0.15, 0.2) is 0 Å². The van der Waals surface area contributed by atoms with Crippen LogP contribution in [0.4, 0.5) is 0 Å². The summed E-state index contributed by atoms with van der Waals surface area (Å²) in [5.41, 5.74) is 9.58. The van der Waals surface area contributed by atoms with Crippen LogP contribution >= 0.6 is 35.6 Å². The molecule has 0 aliphatic carbocycles. The Balaban J connectivity index is 0.00000208. The van der Waals surface area contributed by atoms with E-state index < -0.39 is 0 Å². The SMILES string of the molecule is Cl.Cn1c(-c2ccc(Cl)cc2)c(CCC(N)=O)c2cc(Cl)ccc21. The normalized spacial score (nSPS) is 10.6. The van der Waals surface area contributed by atoms with Crippen LogP contribution in [0.3, 0.4) is 0 Å². The van der Waals surface area contributed by atoms with Gasteiger partial charge in [-0.2, -0.15) is 0 Å². The first-order valence-corrected chi connectivity index (χ1v) is 8.04. The lowest BCUT2D eigenvalue weighted by molar-refractivity contribution is -0.117. The number of carbonyl (C=O) groups excluding carboxylic acids is 1. The number of rotatable bonds is 4. The van der Waals surface area contributed by atoms with Crippen molar-refractivity contribution in [3.8, 4) is 11.3 Å². The van der Waals surface area contributed by atoms with Gasteiger partial charge in [0.25, 0.3) is 0 Å². The number of hydrogen-bond acceptors (Lipinski definition) is 1. The molecule has 0 bridgehead atoms. The summed E-state index contributed by atoms with van der Waals surface area (Å²) in [6.07, 6.45) is 0.872. The molecule has 1 amide bonds. The molecule has 0 saturated heterocycles. The van der Waals surface area contributed by atoms with Gasteiger partial charge in [-0.1, -0.05) is 35.3 Å². The maximum absolute atomic E-state index is 11.2. The molecule has 1 aromatic heterocycles. The van der Waals surface area contributed by atoms with Gasteiger partial charge < -0.3 is 10.3 Å². The summed E-state index contributed by atoms with van der Waals surface area (Å²) in [5, 5.41) is 2.41. The summed E-state index contributed by atoms with van der Waals surface area (Å²) in [6.45, 7) is 0. The van der Waals surface area contributed by atoms with E-state index in [9.17, 15) is 4.79 Å². The van der Waals surface area contributed by atoms with Gasteiger partial charge in [0.2, 0.25) is 5.91 Å². The Morgan fingerprint density at radius 2 is 1.71 bits per heavy atom. The van der Waals surface area contributed by atoms with Crippen LogP contribution in [-0.2, 0) is 18.3 Å². The van der Waals surface area contributed by atoms with Crippen molar-refractivity contribution in [2.45, 2.75) is 12.8 Å². The highest BCUT2D eigenvalue weighted by Crippen LogP contribution is 2.35. The predicted octanol–water partition coefficient (Wildman–Crippen LogP) is 4.99. The van der Waals surface area contributed by atoms with Crippen molar-refractivity contribution in [2.75, 3.05) is 0 Å². The molecule has 0 aliphatic rings. The minimum atomic E-state index is -0.314. The topological polar surface area (TPSA) is 48.0 Å². The van der Waals surface area contributed by atoms with Crippen LogP contribution in [0.15, 0.2) is 42.5 Å². The summed E-state index contributed by atoms with van der Waals surface area (Å²) >= 11 is 12.2. The first-order valence-electron chi connectivity index (χ1n) is 7.28. The molecule has 3 nitrogen and oxygen atoms in total. The van der Waals surface area contributed by atoms with Gasteiger partial charge in [0.05, 0.1) is 5.69 Å². The molecule has 2 N–H and O–H groups in total. The smallest absolute Gasteiger partial charge is 0.217 e. The van der Waals surface area contributed by atoms with Crippen LogP contribution in [-0.4, -0.2) is 10.5 Å². The van der Waals surface area contributed by atoms with Gasteiger partial charge in [-0.05, 0) is 47.9 Å². The lowest BCUT2D eigenvalue weighted by Gasteiger charge is -2.08. The summed E-state index contributed by atoms with van der Waals surface area (Å²) in [4.78, 5) is 11.2. The number of halogens is 3. The summed E-state index contributed by atoms with van der Waals surface area (Å²) in [7, 11) is 2.01. The van der Waals surface area contributed by atoms with Gasteiger partial charge in [0, 0.05) is 34.4 Å². The largest absolute Gasteiger partial charge is 0.370 e. The van der Waals surface area contributed by atoms with Gasteiger partial charge in [0.1, 0.15) is 0 Å². The fraction of sp³-hybridized carbons (Fsp3) is 0.167. The molecule has 3 rings (SSSR count). The zero-order valence-electron chi connectivity index (χ0n) is 13.1. The van der Waals surface area contributed by atoms with Crippen LogP contribution in [0.2, 0.25) is 10.0 Å². The predicted molar refractivity (Wildman–Crippen MR) is 103 cm³/mol. The fourth-order valence-electron chi connectivity index (χ4n) is 2.97. The maximum atomic E-state index is 11.2. The molecule has 6 heteroatoms. The van der Waals surface area contributed by atoms with Crippen LogP contribution in [0.1, 0.15) is 12.0 Å². The minimum absolute atomic E-state index is 0. The quantitative estimate of drug-likeness (QED) is 0.677. The molecule has 0 unspecified atom stereocenters. The number of amides is 1. The number of benzene rings is 2. The van der Waals surface area contributed by atoms with E-state index in [1.807, 2.05) is 49.5 Å². The third-order valence-corrected chi connectivity index (χ3v) is 4.49. The molecule has 126 valence electrons. The number of fused-ring (bicyclic) bond motifs is 1. The summed E-state index contributed by atoms with van der Waals surface area (Å²) in [5.74, 6) is -0.314. The van der Waals surface area contributed by atoms with Gasteiger partial charge in [-0.3, -0.25) is 4.79 Å². The molecular weight excluding hydrogens is 367 g/mol. The molecular formula is C18H17Cl3N2O. The van der Waals surface area contributed by atoms with E-state index in [-0.39, 0.29) is 18.3 Å². The molecule has 24 heavy (non-hydrogen) atoms. The Bertz CT molecular complexity index is 885. The number of nitrogens with two attached hydrogens (primary N) is 1. The van der Waals surface area contributed by atoms with Crippen molar-refractivity contribution in [2.24, 2.45) is 12.8 Å². The number of primary amides is 1. The standard InChI is InChI=1S/C18H16Cl2N2O.ClH/c1-22-16-8-6-13(20)10-15(16)14(7-9-17(21)23)18(22)11-2-4-12(19)5-3-11;/h2-6,8,10H,7,9H2,1H3,(H2,21,23);1H. The van der Waals surface area contributed by atoms with E-state index >= 15 is 0 Å². The van der Waals surface area contributed by atoms with Gasteiger partial charge in [-0.15, -0.1) is 12.4 Å². The van der Waals surface area contributed by atoms with Crippen LogP contribution in [0, 0.1) is 0 Å². The van der Waals surface area contributed by atoms with Crippen molar-refractivity contribution >= 4 is 52.4 Å². The number of hydrogen-bond donors (Lipinski definition) is 1. The van der Waals surface area contributed by atoms with Crippen molar-refractivity contribution in [3.05, 3.63) is 58.1 Å². The molecule has 2 aromatic carbocycles. The molecule has 0 radical (unpaired) electrons. The third kappa shape index (κ3) is 3.54. The molecule has 0 saturated carbocycles. The van der Waals surface area contributed by atoms with E-state index in [1.54, 1.807) is 0 Å². The molecule has 0 spiro atoms. The Morgan fingerprint density at radius 1 is 1.08 bits per heavy atom. The average Bonchev–Trinajstić information content (AvgIpc) is 2.78. The number of aryl methyl sites for hydroxylation is 2. The van der Waals surface area contributed by atoms with E-state index in [4.69, 9.17) is 28.9 Å². The third-order valence-electron chi connectivity index (χ3n) is 4.01. The fourth-order valence-corrected chi connectivity index (χ4v) is 3.27. The summed E-state index contributed by atoms with van der Waals surface area (Å²) in [6, 6.07) is 13.5. The second-order valence-corrected chi connectivity index (χ2v) is 6.39. The first kappa shape index (κ1) is 18.7. The van der Waals surface area contributed by atoms with E-state index in [0.29, 0.717) is 22.9 Å². The second kappa shape index (κ2) is 7.47. The van der Waals surface area contributed by atoms with Gasteiger partial charge >= 0.3 is 0 Å². The van der Waals surface area contributed by atoms with Crippen molar-refractivity contribution in [1.82, 2.24) is 4.57 Å². The molecule has 0 atom stereocenters. The highest BCUT2D eigenvalue weighted by atomic mass is 35.5. The Kier molecular flexibility index (Phi) is 5.81. The van der Waals surface area contributed by atoms with Crippen LogP contribution in [0.5, 0.6) is 0 Å². The van der Waals surface area contributed by atoms with E-state index in [2.05, 4.69) is 4.57 Å². The van der Waals surface area contributed by atoms with E-state index in [0.717, 1.165) is 27.7 Å². The highest BCUT2D eigenvalue weighted by molar-refractivity contribution is 6.31. The second-order valence-electron chi connectivity index (χ2n) is 5.52. The van der Waals surface area contributed by atoms with Crippen LogP contribution in [0.25, 0.3) is 22.2 Å². The van der Waals surface area contributed by atoms with Gasteiger partial charge in [-0.25, -0.2) is 0 Å². The molecule has 1 heterocycles. The van der Waals surface area contributed by atoms with Crippen molar-refractivity contribution < 1.29 is 4.79 Å². The number of nitrogens with zero attached hydrogens (tertiary/aromatic N) is 1. The van der Waals surface area contributed by atoms with Crippen LogP contribution < -0.4 is 5.73 Å². The molecule has 0 fully saturated rings. The Hall–Kier alpha value is -1.68. The number of aromatic nitrogens is 1. The Labute approximate surface area is 156 Å². The zero-order valence-corrected chi connectivity index (χ0v) is 15.4. The average molecular weight is 384 g/mol. The monoisotopic (exact) mass is 382 g/mol. The number of carbonyl (C=O) groups is 1.